The molecule has 1 rings (SSSR count). The van der Waals surface area contributed by atoms with Crippen LogP contribution in [0.2, 0.25) is 0 Å². The van der Waals surface area contributed by atoms with E-state index in [9.17, 15) is 13.6 Å². The van der Waals surface area contributed by atoms with Crippen molar-refractivity contribution >= 4 is 5.97 Å². The van der Waals surface area contributed by atoms with E-state index in [0.717, 1.165) is 6.07 Å². The van der Waals surface area contributed by atoms with Crippen molar-refractivity contribution in [3.05, 3.63) is 34.9 Å². The Hall–Kier alpha value is -1.49. The van der Waals surface area contributed by atoms with E-state index in [2.05, 4.69) is 0 Å². The van der Waals surface area contributed by atoms with E-state index < -0.39 is 23.5 Å². The molecule has 0 spiro atoms. The standard InChI is InChI=1S/C10H11F2NO2/c1-5-7(8(4-13)10(14)15)2-6(11)3-9(5)12/h2-3,8H,4,13H2,1H3,(H,14,15). The monoisotopic (exact) mass is 215 g/mol. The summed E-state index contributed by atoms with van der Waals surface area (Å²) in [7, 11) is 0. The molecule has 3 N–H and O–H groups in total. The fourth-order valence-corrected chi connectivity index (χ4v) is 1.39. The summed E-state index contributed by atoms with van der Waals surface area (Å²) in [5, 5.41) is 8.81. The number of hydrogen-bond donors (Lipinski definition) is 2. The van der Waals surface area contributed by atoms with Crippen LogP contribution in [0.25, 0.3) is 0 Å². The summed E-state index contributed by atoms with van der Waals surface area (Å²) in [6.45, 7) is 1.20. The molecule has 5 heteroatoms. The quantitative estimate of drug-likeness (QED) is 0.801. The zero-order valence-electron chi connectivity index (χ0n) is 8.13. The van der Waals surface area contributed by atoms with Gasteiger partial charge in [-0.2, -0.15) is 0 Å². The highest BCUT2D eigenvalue weighted by Crippen LogP contribution is 2.23. The van der Waals surface area contributed by atoms with Gasteiger partial charge in [0.1, 0.15) is 11.6 Å². The van der Waals surface area contributed by atoms with Gasteiger partial charge < -0.3 is 10.8 Å². The van der Waals surface area contributed by atoms with Crippen LogP contribution in [0.5, 0.6) is 0 Å². The molecule has 15 heavy (non-hydrogen) atoms. The zero-order valence-corrected chi connectivity index (χ0v) is 8.13. The Kier molecular flexibility index (Phi) is 3.36. The first kappa shape index (κ1) is 11.6. The lowest BCUT2D eigenvalue weighted by molar-refractivity contribution is -0.138. The van der Waals surface area contributed by atoms with Crippen LogP contribution in [0.3, 0.4) is 0 Å². The molecule has 0 bridgehead atoms. The van der Waals surface area contributed by atoms with Gasteiger partial charge in [-0.3, -0.25) is 4.79 Å². The summed E-state index contributed by atoms with van der Waals surface area (Å²) in [6.07, 6.45) is 0. The first-order valence-electron chi connectivity index (χ1n) is 4.35. The topological polar surface area (TPSA) is 63.3 Å². The molecule has 3 nitrogen and oxygen atoms in total. The number of carboxylic acid groups (broad SMARTS) is 1. The first-order chi connectivity index (χ1) is 6.97. The lowest BCUT2D eigenvalue weighted by Gasteiger charge is -2.13. The fourth-order valence-electron chi connectivity index (χ4n) is 1.39. The Morgan fingerprint density at radius 1 is 1.53 bits per heavy atom. The Labute approximate surface area is 85.5 Å². The molecule has 1 aromatic rings. The van der Waals surface area contributed by atoms with Gasteiger partial charge in [0.05, 0.1) is 5.92 Å². The summed E-state index contributed by atoms with van der Waals surface area (Å²) in [4.78, 5) is 10.8. The van der Waals surface area contributed by atoms with Crippen LogP contribution in [0.4, 0.5) is 8.78 Å². The molecule has 0 aliphatic rings. The summed E-state index contributed by atoms with van der Waals surface area (Å²) in [5.74, 6) is -3.82. The maximum Gasteiger partial charge on any atom is 0.312 e. The molecule has 0 saturated heterocycles. The second-order valence-electron chi connectivity index (χ2n) is 3.23. The molecule has 0 fully saturated rings. The van der Waals surface area contributed by atoms with Crippen LogP contribution >= 0.6 is 0 Å². The third kappa shape index (κ3) is 2.30. The van der Waals surface area contributed by atoms with E-state index in [0.29, 0.717) is 6.07 Å². The number of carboxylic acids is 1. The van der Waals surface area contributed by atoms with Gasteiger partial charge in [0.15, 0.2) is 0 Å². The maximum atomic E-state index is 13.1. The van der Waals surface area contributed by atoms with Crippen LogP contribution in [0, 0.1) is 18.6 Å². The molecule has 0 saturated carbocycles. The Morgan fingerprint density at radius 2 is 2.13 bits per heavy atom. The highest BCUT2D eigenvalue weighted by atomic mass is 19.1. The van der Waals surface area contributed by atoms with Crippen molar-refractivity contribution in [1.29, 1.82) is 0 Å². The second-order valence-corrected chi connectivity index (χ2v) is 3.23. The minimum atomic E-state index is -1.19. The normalized spacial score (nSPS) is 12.5. The Balaban J connectivity index is 3.28. The number of halogens is 2. The van der Waals surface area contributed by atoms with Crippen molar-refractivity contribution in [1.82, 2.24) is 0 Å². The van der Waals surface area contributed by atoms with Gasteiger partial charge >= 0.3 is 5.97 Å². The van der Waals surface area contributed by atoms with E-state index in [1.54, 1.807) is 0 Å². The number of rotatable bonds is 3. The minimum absolute atomic E-state index is 0.0856. The van der Waals surface area contributed by atoms with Crippen molar-refractivity contribution in [2.45, 2.75) is 12.8 Å². The van der Waals surface area contributed by atoms with E-state index in [4.69, 9.17) is 10.8 Å². The molecule has 1 unspecified atom stereocenters. The van der Waals surface area contributed by atoms with Crippen LogP contribution in [-0.2, 0) is 4.79 Å². The third-order valence-corrected chi connectivity index (χ3v) is 2.26. The number of nitrogens with two attached hydrogens (primary N) is 1. The average Bonchev–Trinajstić information content (AvgIpc) is 2.13. The van der Waals surface area contributed by atoms with Crippen LogP contribution in [-0.4, -0.2) is 17.6 Å². The molecule has 1 atom stereocenters. The van der Waals surface area contributed by atoms with Crippen molar-refractivity contribution in [2.24, 2.45) is 5.73 Å². The van der Waals surface area contributed by atoms with Crippen LogP contribution in [0.1, 0.15) is 17.0 Å². The lowest BCUT2D eigenvalue weighted by atomic mass is 9.94. The predicted octanol–water partition coefficient (Wildman–Crippen LogP) is 1.40. The van der Waals surface area contributed by atoms with E-state index in [-0.39, 0.29) is 17.7 Å². The van der Waals surface area contributed by atoms with E-state index in [1.165, 1.54) is 6.92 Å². The third-order valence-electron chi connectivity index (χ3n) is 2.26. The second kappa shape index (κ2) is 4.35. The Bertz CT molecular complexity index is 393. The van der Waals surface area contributed by atoms with Gasteiger partial charge in [-0.05, 0) is 24.1 Å². The van der Waals surface area contributed by atoms with Crippen LogP contribution in [0.15, 0.2) is 12.1 Å². The molecule has 82 valence electrons. The molecule has 0 aromatic heterocycles. The van der Waals surface area contributed by atoms with Gasteiger partial charge in [-0.25, -0.2) is 8.78 Å². The molecule has 1 aromatic carbocycles. The smallest absolute Gasteiger partial charge is 0.312 e. The van der Waals surface area contributed by atoms with Gasteiger partial charge in [-0.1, -0.05) is 0 Å². The average molecular weight is 215 g/mol. The molecule has 0 amide bonds. The van der Waals surface area contributed by atoms with E-state index in [1.807, 2.05) is 0 Å². The molecular formula is C10H11F2NO2. The minimum Gasteiger partial charge on any atom is -0.481 e. The number of hydrogen-bond acceptors (Lipinski definition) is 2. The number of benzene rings is 1. The van der Waals surface area contributed by atoms with Crippen molar-refractivity contribution in [3.63, 3.8) is 0 Å². The SMILES string of the molecule is Cc1c(F)cc(F)cc1C(CN)C(=O)O. The van der Waals surface area contributed by atoms with Crippen molar-refractivity contribution in [3.8, 4) is 0 Å². The molecular weight excluding hydrogens is 204 g/mol. The van der Waals surface area contributed by atoms with Crippen LogP contribution < -0.4 is 5.73 Å². The predicted molar refractivity (Wildman–Crippen MR) is 50.5 cm³/mol. The summed E-state index contributed by atoms with van der Waals surface area (Å²) >= 11 is 0. The number of aliphatic carboxylic acids is 1. The highest BCUT2D eigenvalue weighted by Gasteiger charge is 2.22. The largest absolute Gasteiger partial charge is 0.481 e. The van der Waals surface area contributed by atoms with Gasteiger partial charge in [-0.15, -0.1) is 0 Å². The van der Waals surface area contributed by atoms with E-state index >= 15 is 0 Å². The molecule has 0 radical (unpaired) electrons. The maximum absolute atomic E-state index is 13.1. The molecule has 0 aliphatic carbocycles. The van der Waals surface area contributed by atoms with Gasteiger partial charge in [0.25, 0.3) is 0 Å². The lowest BCUT2D eigenvalue weighted by Crippen LogP contribution is -2.22. The number of carbonyl (C=O) groups is 1. The summed E-state index contributed by atoms with van der Waals surface area (Å²) in [6, 6.07) is 1.72. The first-order valence-corrected chi connectivity index (χ1v) is 4.35. The van der Waals surface area contributed by atoms with Gasteiger partial charge in [0, 0.05) is 12.6 Å². The van der Waals surface area contributed by atoms with Crippen molar-refractivity contribution in [2.75, 3.05) is 6.54 Å². The highest BCUT2D eigenvalue weighted by molar-refractivity contribution is 5.77. The summed E-state index contributed by atoms with van der Waals surface area (Å²) in [5.41, 5.74) is 5.45. The van der Waals surface area contributed by atoms with Crippen molar-refractivity contribution < 1.29 is 18.7 Å². The molecule has 0 heterocycles. The fraction of sp³-hybridized carbons (Fsp3) is 0.300. The molecule has 0 aliphatic heterocycles. The summed E-state index contributed by atoms with van der Waals surface area (Å²) < 4.78 is 26.0. The Morgan fingerprint density at radius 3 is 2.60 bits per heavy atom. The zero-order chi connectivity index (χ0) is 11.6. The van der Waals surface area contributed by atoms with Gasteiger partial charge in [0.2, 0.25) is 0 Å².